The molecule has 1 aliphatic rings. The molecule has 10 heteroatoms. The van der Waals surface area contributed by atoms with E-state index < -0.39 is 23.7 Å². The Hall–Kier alpha value is -3.30. The fourth-order valence-corrected chi connectivity index (χ4v) is 2.98. The maximum Gasteiger partial charge on any atom is 0.411 e. The van der Waals surface area contributed by atoms with E-state index in [4.69, 9.17) is 23.8 Å². The highest BCUT2D eigenvalue weighted by molar-refractivity contribution is 6.09. The monoisotopic (exact) mass is 435 g/mol. The average molecular weight is 435 g/mol. The molecule has 0 spiro atoms. The summed E-state index contributed by atoms with van der Waals surface area (Å²) < 4.78 is 21.5. The number of ether oxygens (including phenoxy) is 4. The number of methoxy groups -OCH3 is 2. The summed E-state index contributed by atoms with van der Waals surface area (Å²) in [6.45, 7) is 10.7. The zero-order chi connectivity index (χ0) is 23.2. The second-order valence-corrected chi connectivity index (χ2v) is 7.52. The molecule has 0 saturated carbocycles. The lowest BCUT2D eigenvalue weighted by Crippen LogP contribution is -2.48. The van der Waals surface area contributed by atoms with E-state index in [1.54, 1.807) is 33.8 Å². The third-order valence-electron chi connectivity index (χ3n) is 4.12. The minimum atomic E-state index is -1.12. The molecule has 1 aromatic heterocycles. The number of carbonyl (C=O) groups is 2. The Morgan fingerprint density at radius 1 is 1.32 bits per heavy atom. The predicted molar refractivity (Wildman–Crippen MR) is 112 cm³/mol. The van der Waals surface area contributed by atoms with E-state index in [0.717, 1.165) is 0 Å². The molecule has 0 fully saturated rings. The van der Waals surface area contributed by atoms with E-state index in [-0.39, 0.29) is 31.5 Å². The van der Waals surface area contributed by atoms with Crippen LogP contribution in [0.15, 0.2) is 23.9 Å². The molecule has 31 heavy (non-hydrogen) atoms. The standard InChI is InChI=1S/C21H29N3O7/c1-8-10-30-23-14-12-24(20(26)31-21(3,4)5)17(19(25)29-9-2)13-11-15(27-6)22-18(28-7)16(13)14/h8,11,17H,1,9-10,12H2,2-7H3. The third kappa shape index (κ3) is 5.65. The lowest BCUT2D eigenvalue weighted by molar-refractivity contribution is -0.149. The van der Waals surface area contributed by atoms with E-state index in [9.17, 15) is 9.59 Å². The minimum absolute atomic E-state index is 0.0904. The molecule has 0 saturated heterocycles. The third-order valence-corrected chi connectivity index (χ3v) is 4.12. The Morgan fingerprint density at radius 2 is 2.03 bits per heavy atom. The van der Waals surface area contributed by atoms with Gasteiger partial charge in [-0.1, -0.05) is 17.8 Å². The Labute approximate surface area is 181 Å². The quantitative estimate of drug-likeness (QED) is 0.278. The molecular weight excluding hydrogens is 406 g/mol. The van der Waals surface area contributed by atoms with Gasteiger partial charge in [0.25, 0.3) is 0 Å². The number of pyridine rings is 1. The lowest BCUT2D eigenvalue weighted by atomic mass is 9.92. The number of aromatic nitrogens is 1. The van der Waals surface area contributed by atoms with Crippen molar-refractivity contribution in [2.45, 2.75) is 39.3 Å². The molecule has 0 radical (unpaired) electrons. The first kappa shape index (κ1) is 24.0. The fraction of sp³-hybridized carbons (Fsp3) is 0.524. The van der Waals surface area contributed by atoms with E-state index in [1.807, 2.05) is 0 Å². The van der Waals surface area contributed by atoms with Crippen LogP contribution in [0, 0.1) is 0 Å². The van der Waals surface area contributed by atoms with Gasteiger partial charge in [0.1, 0.15) is 17.9 Å². The molecule has 2 rings (SSSR count). The van der Waals surface area contributed by atoms with Gasteiger partial charge in [-0.15, -0.1) is 0 Å². The van der Waals surface area contributed by atoms with Crippen molar-refractivity contribution in [3.05, 3.63) is 29.8 Å². The van der Waals surface area contributed by atoms with Crippen molar-refractivity contribution in [1.82, 2.24) is 9.88 Å². The van der Waals surface area contributed by atoms with Crippen LogP contribution in [0.3, 0.4) is 0 Å². The number of rotatable bonds is 7. The highest BCUT2D eigenvalue weighted by atomic mass is 16.6. The second-order valence-electron chi connectivity index (χ2n) is 7.52. The SMILES string of the molecule is C=CCON=C1CN(C(=O)OC(C)(C)C)C(C(=O)OCC)c2cc(OC)nc(OC)c21. The largest absolute Gasteiger partial charge is 0.481 e. The first-order chi connectivity index (χ1) is 14.7. The molecule has 170 valence electrons. The van der Waals surface area contributed by atoms with Crippen LogP contribution in [-0.2, 0) is 19.1 Å². The van der Waals surface area contributed by atoms with Gasteiger partial charge in [0.05, 0.1) is 32.9 Å². The van der Waals surface area contributed by atoms with Crippen LogP contribution in [0.2, 0.25) is 0 Å². The first-order valence-corrected chi connectivity index (χ1v) is 9.76. The van der Waals surface area contributed by atoms with Gasteiger partial charge in [-0.05, 0) is 27.7 Å². The molecule has 2 heterocycles. The molecular formula is C21H29N3O7. The van der Waals surface area contributed by atoms with Crippen LogP contribution in [0.1, 0.15) is 44.9 Å². The minimum Gasteiger partial charge on any atom is -0.481 e. The van der Waals surface area contributed by atoms with Gasteiger partial charge in [0, 0.05) is 11.6 Å². The molecule has 1 unspecified atom stereocenters. The van der Waals surface area contributed by atoms with Crippen molar-refractivity contribution in [2.24, 2.45) is 5.16 Å². The normalized spacial score (nSPS) is 16.9. The number of nitrogens with zero attached hydrogens (tertiary/aromatic N) is 3. The zero-order valence-electron chi connectivity index (χ0n) is 18.8. The summed E-state index contributed by atoms with van der Waals surface area (Å²) in [5, 5.41) is 4.13. The van der Waals surface area contributed by atoms with Crippen molar-refractivity contribution in [2.75, 3.05) is 34.0 Å². The summed E-state index contributed by atoms with van der Waals surface area (Å²) in [7, 11) is 2.87. The molecule has 0 N–H and O–H groups in total. The van der Waals surface area contributed by atoms with E-state index in [1.165, 1.54) is 25.2 Å². The van der Waals surface area contributed by atoms with E-state index in [2.05, 4.69) is 16.7 Å². The smallest absolute Gasteiger partial charge is 0.411 e. The van der Waals surface area contributed by atoms with Gasteiger partial charge in [0.15, 0.2) is 6.04 Å². The van der Waals surface area contributed by atoms with Gasteiger partial charge < -0.3 is 23.8 Å². The Morgan fingerprint density at radius 3 is 2.58 bits per heavy atom. The first-order valence-electron chi connectivity index (χ1n) is 9.76. The van der Waals surface area contributed by atoms with Crippen LogP contribution < -0.4 is 9.47 Å². The highest BCUT2D eigenvalue weighted by Gasteiger charge is 2.44. The number of hydrogen-bond donors (Lipinski definition) is 0. The van der Waals surface area contributed by atoms with Gasteiger partial charge in [-0.25, -0.2) is 9.59 Å². The van der Waals surface area contributed by atoms with Crippen LogP contribution in [0.5, 0.6) is 11.8 Å². The number of oxime groups is 1. The molecule has 1 amide bonds. The summed E-state index contributed by atoms with van der Waals surface area (Å²) in [5.74, 6) is -0.258. The van der Waals surface area contributed by atoms with Gasteiger partial charge in [-0.2, -0.15) is 4.98 Å². The van der Waals surface area contributed by atoms with Crippen molar-refractivity contribution in [1.29, 1.82) is 0 Å². The average Bonchev–Trinajstić information content (AvgIpc) is 2.71. The molecule has 10 nitrogen and oxygen atoms in total. The summed E-state index contributed by atoms with van der Waals surface area (Å²) in [6, 6.07) is 0.424. The summed E-state index contributed by atoms with van der Waals surface area (Å²) in [6.07, 6.45) is 0.826. The number of carbonyl (C=O) groups excluding carboxylic acids is 2. The number of amides is 1. The lowest BCUT2D eigenvalue weighted by Gasteiger charge is -2.37. The molecule has 0 aliphatic carbocycles. The maximum absolute atomic E-state index is 13.0. The number of fused-ring (bicyclic) bond motifs is 1. The van der Waals surface area contributed by atoms with Crippen LogP contribution in [0.25, 0.3) is 0 Å². The summed E-state index contributed by atoms with van der Waals surface area (Å²) in [5.41, 5.74) is 0.349. The highest BCUT2D eigenvalue weighted by Crippen LogP contribution is 2.38. The van der Waals surface area contributed by atoms with Gasteiger partial charge in [0.2, 0.25) is 11.8 Å². The van der Waals surface area contributed by atoms with Crippen molar-refractivity contribution in [3.8, 4) is 11.8 Å². The molecule has 0 aromatic carbocycles. The van der Waals surface area contributed by atoms with Crippen molar-refractivity contribution < 1.29 is 33.4 Å². The van der Waals surface area contributed by atoms with Crippen molar-refractivity contribution in [3.63, 3.8) is 0 Å². The Balaban J connectivity index is 2.71. The molecule has 1 atom stereocenters. The van der Waals surface area contributed by atoms with Crippen molar-refractivity contribution >= 4 is 17.8 Å². The zero-order valence-corrected chi connectivity index (χ0v) is 18.8. The maximum atomic E-state index is 13.0. The van der Waals surface area contributed by atoms with Gasteiger partial charge >= 0.3 is 12.1 Å². The fourth-order valence-electron chi connectivity index (χ4n) is 2.98. The second kappa shape index (κ2) is 10.1. The summed E-state index contributed by atoms with van der Waals surface area (Å²) in [4.78, 5) is 36.8. The van der Waals surface area contributed by atoms with Crippen LogP contribution in [0.4, 0.5) is 4.79 Å². The summed E-state index contributed by atoms with van der Waals surface area (Å²) >= 11 is 0. The number of esters is 1. The molecule has 1 aliphatic heterocycles. The van der Waals surface area contributed by atoms with Gasteiger partial charge in [-0.3, -0.25) is 4.90 Å². The Bertz CT molecular complexity index is 861. The number of hydrogen-bond acceptors (Lipinski definition) is 9. The molecule has 1 aromatic rings. The Kier molecular flexibility index (Phi) is 7.84. The van der Waals surface area contributed by atoms with Crippen LogP contribution in [-0.4, -0.2) is 67.2 Å². The van der Waals surface area contributed by atoms with E-state index >= 15 is 0 Å². The molecule has 0 bridgehead atoms. The van der Waals surface area contributed by atoms with Crippen LogP contribution >= 0.6 is 0 Å². The predicted octanol–water partition coefficient (Wildman–Crippen LogP) is 2.86. The topological polar surface area (TPSA) is 109 Å². The van der Waals surface area contributed by atoms with E-state index in [0.29, 0.717) is 16.8 Å².